The van der Waals surface area contributed by atoms with Gasteiger partial charge in [-0.1, -0.05) is 32.0 Å². The fourth-order valence-corrected chi connectivity index (χ4v) is 2.37. The molecule has 0 atom stereocenters. The summed E-state index contributed by atoms with van der Waals surface area (Å²) in [4.78, 5) is 5.66. The summed E-state index contributed by atoms with van der Waals surface area (Å²) in [6.07, 6.45) is 1.88. The van der Waals surface area contributed by atoms with Crippen LogP contribution in [0.4, 0.5) is 0 Å². The topological polar surface area (TPSA) is 12.9 Å². The van der Waals surface area contributed by atoms with E-state index in [1.54, 1.807) is 0 Å². The minimum absolute atomic E-state index is 0.612. The smallest absolute Gasteiger partial charge is 0.0713 e. The van der Waals surface area contributed by atoms with Crippen LogP contribution in [0, 0.1) is 0 Å². The molecule has 1 aromatic carbocycles. The van der Waals surface area contributed by atoms with Gasteiger partial charge in [-0.15, -0.1) is 11.8 Å². The maximum atomic E-state index is 4.34. The zero-order valence-electron chi connectivity index (χ0n) is 8.40. The van der Waals surface area contributed by atoms with E-state index in [1.807, 2.05) is 24.0 Å². The Morgan fingerprint density at radius 3 is 2.71 bits per heavy atom. The average molecular weight is 203 g/mol. The lowest BCUT2D eigenvalue weighted by Crippen LogP contribution is -1.88. The molecular weight excluding hydrogens is 190 g/mol. The lowest BCUT2D eigenvalue weighted by molar-refractivity contribution is 1.11. The van der Waals surface area contributed by atoms with Crippen molar-refractivity contribution in [3.63, 3.8) is 0 Å². The van der Waals surface area contributed by atoms with Gasteiger partial charge in [-0.3, -0.25) is 4.98 Å². The van der Waals surface area contributed by atoms with E-state index in [0.29, 0.717) is 5.25 Å². The molecule has 1 aromatic heterocycles. The van der Waals surface area contributed by atoms with Gasteiger partial charge in [0.1, 0.15) is 0 Å². The van der Waals surface area contributed by atoms with Crippen molar-refractivity contribution in [2.75, 3.05) is 0 Å². The van der Waals surface area contributed by atoms with Crippen molar-refractivity contribution in [2.24, 2.45) is 0 Å². The first-order valence-electron chi connectivity index (χ1n) is 4.78. The maximum absolute atomic E-state index is 4.34. The predicted octanol–water partition coefficient (Wildman–Crippen LogP) is 3.74. The highest BCUT2D eigenvalue weighted by Crippen LogP contribution is 2.29. The Hall–Kier alpha value is -1.02. The molecule has 0 N–H and O–H groups in total. The number of fused-ring (bicyclic) bond motifs is 1. The summed E-state index contributed by atoms with van der Waals surface area (Å²) in [5.74, 6) is 0. The number of hydrogen-bond acceptors (Lipinski definition) is 2. The molecule has 0 aliphatic carbocycles. The third-order valence-electron chi connectivity index (χ3n) is 1.97. The van der Waals surface area contributed by atoms with Crippen molar-refractivity contribution in [2.45, 2.75) is 24.0 Å². The monoisotopic (exact) mass is 203 g/mol. The molecule has 0 amide bonds. The third kappa shape index (κ3) is 1.90. The minimum atomic E-state index is 0.612. The SMILES string of the molecule is CC(C)Sc1ccnc2ccccc12. The highest BCUT2D eigenvalue weighted by atomic mass is 32.2. The molecule has 0 fully saturated rings. The molecule has 2 rings (SSSR count). The third-order valence-corrected chi connectivity index (χ3v) is 3.05. The van der Waals surface area contributed by atoms with Gasteiger partial charge < -0.3 is 0 Å². The summed E-state index contributed by atoms with van der Waals surface area (Å²) >= 11 is 1.89. The summed E-state index contributed by atoms with van der Waals surface area (Å²) < 4.78 is 0. The van der Waals surface area contributed by atoms with Gasteiger partial charge in [0.05, 0.1) is 5.52 Å². The van der Waals surface area contributed by atoms with E-state index in [4.69, 9.17) is 0 Å². The van der Waals surface area contributed by atoms with Crippen molar-refractivity contribution < 1.29 is 0 Å². The summed E-state index contributed by atoms with van der Waals surface area (Å²) in [7, 11) is 0. The van der Waals surface area contributed by atoms with Gasteiger partial charge in [0.15, 0.2) is 0 Å². The Balaban J connectivity index is 2.53. The van der Waals surface area contributed by atoms with E-state index in [9.17, 15) is 0 Å². The van der Waals surface area contributed by atoms with Crippen LogP contribution >= 0.6 is 11.8 Å². The highest BCUT2D eigenvalue weighted by Gasteiger charge is 2.03. The molecule has 1 nitrogen and oxygen atoms in total. The summed E-state index contributed by atoms with van der Waals surface area (Å²) in [5.41, 5.74) is 1.08. The van der Waals surface area contributed by atoms with Crippen LogP contribution in [0.5, 0.6) is 0 Å². The molecule has 0 radical (unpaired) electrons. The van der Waals surface area contributed by atoms with Crippen LogP contribution < -0.4 is 0 Å². The van der Waals surface area contributed by atoms with Crippen molar-refractivity contribution in [3.8, 4) is 0 Å². The molecule has 2 aromatic rings. The van der Waals surface area contributed by atoms with Crippen molar-refractivity contribution in [1.82, 2.24) is 4.98 Å². The number of thioether (sulfide) groups is 1. The van der Waals surface area contributed by atoms with Gasteiger partial charge in [0.2, 0.25) is 0 Å². The molecule has 14 heavy (non-hydrogen) atoms. The Morgan fingerprint density at radius 1 is 1.14 bits per heavy atom. The molecular formula is C12H13NS. The lowest BCUT2D eigenvalue weighted by Gasteiger charge is -2.07. The minimum Gasteiger partial charge on any atom is -0.256 e. The van der Waals surface area contributed by atoms with Crippen molar-refractivity contribution in [1.29, 1.82) is 0 Å². The summed E-state index contributed by atoms with van der Waals surface area (Å²) in [5, 5.41) is 1.87. The number of para-hydroxylation sites is 1. The second-order valence-corrected chi connectivity index (χ2v) is 5.11. The Morgan fingerprint density at radius 2 is 1.93 bits per heavy atom. The fourth-order valence-electron chi connectivity index (χ4n) is 1.43. The van der Waals surface area contributed by atoms with Crippen LogP contribution in [0.15, 0.2) is 41.4 Å². The normalized spacial score (nSPS) is 11.1. The number of rotatable bonds is 2. The molecule has 0 bridgehead atoms. The lowest BCUT2D eigenvalue weighted by atomic mass is 10.2. The van der Waals surface area contributed by atoms with Gasteiger partial charge >= 0.3 is 0 Å². The number of nitrogens with zero attached hydrogens (tertiary/aromatic N) is 1. The Bertz CT molecular complexity index is 432. The molecule has 0 saturated carbocycles. The van der Waals surface area contributed by atoms with Crippen LogP contribution in [-0.4, -0.2) is 10.2 Å². The molecule has 0 spiro atoms. The van der Waals surface area contributed by atoms with Crippen LogP contribution in [-0.2, 0) is 0 Å². The molecule has 1 heterocycles. The van der Waals surface area contributed by atoms with E-state index in [2.05, 4.69) is 43.1 Å². The maximum Gasteiger partial charge on any atom is 0.0713 e. The average Bonchev–Trinajstić information content (AvgIpc) is 2.18. The van der Waals surface area contributed by atoms with Gasteiger partial charge in [-0.25, -0.2) is 0 Å². The van der Waals surface area contributed by atoms with E-state index < -0.39 is 0 Å². The van der Waals surface area contributed by atoms with E-state index in [0.717, 1.165) is 5.52 Å². The fraction of sp³-hybridized carbons (Fsp3) is 0.250. The number of hydrogen-bond donors (Lipinski definition) is 0. The number of pyridine rings is 1. The van der Waals surface area contributed by atoms with Crippen molar-refractivity contribution in [3.05, 3.63) is 36.5 Å². The molecule has 0 unspecified atom stereocenters. The standard InChI is InChI=1S/C12H13NS/c1-9(2)14-12-7-8-13-11-6-4-3-5-10(11)12/h3-9H,1-2H3. The predicted molar refractivity (Wildman–Crippen MR) is 62.7 cm³/mol. The molecule has 2 heteroatoms. The molecule has 0 aliphatic heterocycles. The van der Waals surface area contributed by atoms with E-state index in [-0.39, 0.29) is 0 Å². The molecule has 72 valence electrons. The first kappa shape index (κ1) is 9.53. The van der Waals surface area contributed by atoms with Crippen LogP contribution in [0.2, 0.25) is 0 Å². The summed E-state index contributed by atoms with van der Waals surface area (Å²) in [6.45, 7) is 4.42. The van der Waals surface area contributed by atoms with Gasteiger partial charge in [-0.05, 0) is 12.1 Å². The number of aromatic nitrogens is 1. The van der Waals surface area contributed by atoms with Crippen LogP contribution in [0.3, 0.4) is 0 Å². The van der Waals surface area contributed by atoms with Gasteiger partial charge in [0, 0.05) is 21.7 Å². The second kappa shape index (κ2) is 4.01. The molecule has 0 aliphatic rings. The zero-order valence-corrected chi connectivity index (χ0v) is 9.21. The van der Waals surface area contributed by atoms with Crippen LogP contribution in [0.25, 0.3) is 10.9 Å². The highest BCUT2D eigenvalue weighted by molar-refractivity contribution is 8.00. The zero-order chi connectivity index (χ0) is 9.97. The number of benzene rings is 1. The first-order chi connectivity index (χ1) is 6.77. The van der Waals surface area contributed by atoms with Crippen LogP contribution in [0.1, 0.15) is 13.8 Å². The molecule has 0 saturated heterocycles. The Kier molecular flexibility index (Phi) is 2.73. The van der Waals surface area contributed by atoms with E-state index >= 15 is 0 Å². The second-order valence-electron chi connectivity index (χ2n) is 3.49. The van der Waals surface area contributed by atoms with E-state index in [1.165, 1.54) is 10.3 Å². The Labute approximate surface area is 88.6 Å². The van der Waals surface area contributed by atoms with Gasteiger partial charge in [-0.2, -0.15) is 0 Å². The quantitative estimate of drug-likeness (QED) is 0.690. The largest absolute Gasteiger partial charge is 0.256 e. The van der Waals surface area contributed by atoms with Crippen molar-refractivity contribution >= 4 is 22.7 Å². The first-order valence-corrected chi connectivity index (χ1v) is 5.66. The van der Waals surface area contributed by atoms with Gasteiger partial charge in [0.25, 0.3) is 0 Å². The summed E-state index contributed by atoms with van der Waals surface area (Å²) in [6, 6.07) is 10.4.